The van der Waals surface area contributed by atoms with Gasteiger partial charge in [0, 0.05) is 50.3 Å². The average molecular weight is 708 g/mol. The van der Waals surface area contributed by atoms with E-state index in [2.05, 4.69) is 46.8 Å². The zero-order valence-electron chi connectivity index (χ0n) is 28.7. The molecule has 0 aromatic heterocycles. The molecule has 0 spiro atoms. The van der Waals surface area contributed by atoms with Gasteiger partial charge in [0.2, 0.25) is 0 Å². The maximum Gasteiger partial charge on any atom is 0.408 e. The Hall–Kier alpha value is -3.29. The lowest BCUT2D eigenvalue weighted by Gasteiger charge is -2.34. The standard InChI is InChI=1S/2C13H16F3NO.C12H15NO/c2*1-10(11-5-3-2-4-6-11)17-12(13(14,15)16)7-8-18-9-12;1-10(11-5-3-2-4-6-11)13-12-7-8-14-9-12/h2*2-6,10,17H,7-9H2,1H3;2-6,10H,7-9H2,1H3/t10-,12+;10-,12-;10-/m000/s1. The molecule has 274 valence electrons. The van der Waals surface area contributed by atoms with Crippen molar-refractivity contribution in [3.05, 3.63) is 108 Å². The van der Waals surface area contributed by atoms with E-state index in [1.807, 2.05) is 66.7 Å². The number of halogens is 6. The van der Waals surface area contributed by atoms with Gasteiger partial charge in [-0.05, 0) is 37.5 Å². The third-order valence-electron chi connectivity index (χ3n) is 9.18. The van der Waals surface area contributed by atoms with E-state index in [0.29, 0.717) is 0 Å². The van der Waals surface area contributed by atoms with Crippen molar-refractivity contribution >= 4 is 5.71 Å². The molecule has 50 heavy (non-hydrogen) atoms. The first-order valence-electron chi connectivity index (χ1n) is 16.9. The molecule has 12 heteroatoms. The van der Waals surface area contributed by atoms with Crippen LogP contribution < -0.4 is 10.6 Å². The van der Waals surface area contributed by atoms with Crippen LogP contribution in [0.2, 0.25) is 0 Å². The summed E-state index contributed by atoms with van der Waals surface area (Å²) in [7, 11) is 0. The van der Waals surface area contributed by atoms with E-state index in [-0.39, 0.29) is 57.4 Å². The van der Waals surface area contributed by atoms with Crippen LogP contribution in [0.3, 0.4) is 0 Å². The fraction of sp³-hybridized carbons (Fsp3) is 0.500. The third kappa shape index (κ3) is 10.6. The van der Waals surface area contributed by atoms with Gasteiger partial charge in [-0.1, -0.05) is 91.0 Å². The number of ether oxygens (including phenoxy) is 3. The van der Waals surface area contributed by atoms with Crippen molar-refractivity contribution in [2.24, 2.45) is 4.99 Å². The second kappa shape index (κ2) is 17.8. The topological polar surface area (TPSA) is 64.1 Å². The van der Waals surface area contributed by atoms with Crippen LogP contribution in [-0.2, 0) is 14.2 Å². The summed E-state index contributed by atoms with van der Waals surface area (Å²) in [6.07, 6.45) is -7.67. The maximum absolute atomic E-state index is 13.1. The molecule has 3 aliphatic rings. The molecule has 2 N–H and O–H groups in total. The van der Waals surface area contributed by atoms with Gasteiger partial charge in [0.25, 0.3) is 0 Å². The van der Waals surface area contributed by atoms with Gasteiger partial charge >= 0.3 is 12.4 Å². The van der Waals surface area contributed by atoms with Crippen molar-refractivity contribution in [1.29, 1.82) is 0 Å². The van der Waals surface area contributed by atoms with Crippen LogP contribution in [0.1, 0.15) is 74.8 Å². The first-order chi connectivity index (χ1) is 23.8. The van der Waals surface area contributed by atoms with E-state index >= 15 is 0 Å². The lowest BCUT2D eigenvalue weighted by atomic mass is 9.95. The van der Waals surface area contributed by atoms with Crippen molar-refractivity contribution in [3.8, 4) is 0 Å². The molecular weight excluding hydrogens is 660 g/mol. The fourth-order valence-electron chi connectivity index (χ4n) is 6.08. The average Bonchev–Trinajstić information content (AvgIpc) is 3.90. The molecule has 0 amide bonds. The predicted octanol–water partition coefficient (Wildman–Crippen LogP) is 8.73. The minimum absolute atomic E-state index is 0.0341. The summed E-state index contributed by atoms with van der Waals surface area (Å²) in [5.74, 6) is 0. The van der Waals surface area contributed by atoms with Crippen molar-refractivity contribution in [1.82, 2.24) is 10.6 Å². The third-order valence-corrected chi connectivity index (χ3v) is 9.18. The molecule has 6 nitrogen and oxygen atoms in total. The molecule has 6 rings (SSSR count). The van der Waals surface area contributed by atoms with E-state index in [0.717, 1.165) is 30.8 Å². The van der Waals surface area contributed by atoms with E-state index in [9.17, 15) is 26.3 Å². The Kier molecular flexibility index (Phi) is 14.0. The van der Waals surface area contributed by atoms with Crippen molar-refractivity contribution in [2.75, 3.05) is 39.6 Å². The van der Waals surface area contributed by atoms with Gasteiger partial charge in [0.05, 0.1) is 32.5 Å². The van der Waals surface area contributed by atoms with Gasteiger partial charge in [-0.3, -0.25) is 15.6 Å². The van der Waals surface area contributed by atoms with Crippen LogP contribution in [0.5, 0.6) is 0 Å². The van der Waals surface area contributed by atoms with Crippen molar-refractivity contribution in [3.63, 3.8) is 0 Å². The first kappa shape index (κ1) is 39.5. The van der Waals surface area contributed by atoms with Gasteiger partial charge in [-0.15, -0.1) is 0 Å². The Balaban J connectivity index is 0.000000170. The number of hydrogen-bond donors (Lipinski definition) is 2. The molecule has 3 heterocycles. The summed E-state index contributed by atoms with van der Waals surface area (Å²) in [6.45, 7) is 6.82. The Morgan fingerprint density at radius 3 is 1.30 bits per heavy atom. The number of rotatable bonds is 8. The summed E-state index contributed by atoms with van der Waals surface area (Å²) in [5, 5.41) is 5.40. The van der Waals surface area contributed by atoms with E-state index in [4.69, 9.17) is 14.2 Å². The number of hydrogen-bond acceptors (Lipinski definition) is 6. The molecule has 3 fully saturated rings. The Morgan fingerprint density at radius 1 is 0.580 bits per heavy atom. The molecule has 0 saturated carbocycles. The van der Waals surface area contributed by atoms with Gasteiger partial charge in [0.1, 0.15) is 11.1 Å². The number of aliphatic imine (C=N–C) groups is 1. The second-order valence-electron chi connectivity index (χ2n) is 12.9. The lowest BCUT2D eigenvalue weighted by Crippen LogP contribution is -2.58. The van der Waals surface area contributed by atoms with E-state index < -0.39 is 23.4 Å². The zero-order valence-corrected chi connectivity index (χ0v) is 28.7. The highest BCUT2D eigenvalue weighted by molar-refractivity contribution is 5.87. The molecule has 0 unspecified atom stereocenters. The van der Waals surface area contributed by atoms with Gasteiger partial charge in [-0.25, -0.2) is 0 Å². The Bertz CT molecular complexity index is 1360. The summed E-state index contributed by atoms with van der Waals surface area (Å²) < 4.78 is 94.0. The van der Waals surface area contributed by atoms with Crippen molar-refractivity contribution in [2.45, 2.75) is 81.6 Å². The van der Waals surface area contributed by atoms with Gasteiger partial charge in [0.15, 0.2) is 0 Å². The quantitative estimate of drug-likeness (QED) is 0.230. The highest BCUT2D eigenvalue weighted by Crippen LogP contribution is 2.39. The number of alkyl halides is 6. The van der Waals surface area contributed by atoms with Crippen molar-refractivity contribution < 1.29 is 40.6 Å². The monoisotopic (exact) mass is 707 g/mol. The second-order valence-corrected chi connectivity index (χ2v) is 12.9. The van der Waals surface area contributed by atoms with Crippen LogP contribution in [0.25, 0.3) is 0 Å². The molecule has 0 radical (unpaired) electrons. The Morgan fingerprint density at radius 2 is 0.980 bits per heavy atom. The number of nitrogens with zero attached hydrogens (tertiary/aromatic N) is 1. The minimum atomic E-state index is -4.30. The maximum atomic E-state index is 13.1. The largest absolute Gasteiger partial charge is 0.408 e. The van der Waals surface area contributed by atoms with Crippen LogP contribution in [0, 0.1) is 0 Å². The van der Waals surface area contributed by atoms with E-state index in [1.54, 1.807) is 13.8 Å². The van der Waals surface area contributed by atoms with Gasteiger partial charge in [-0.2, -0.15) is 26.3 Å². The molecule has 3 aromatic rings. The number of benzene rings is 3. The highest BCUT2D eigenvalue weighted by atomic mass is 19.4. The molecule has 0 aliphatic carbocycles. The molecule has 3 saturated heterocycles. The summed E-state index contributed by atoms with van der Waals surface area (Å²) in [6, 6.07) is 28.1. The van der Waals surface area contributed by atoms with Crippen LogP contribution in [0.4, 0.5) is 26.3 Å². The van der Waals surface area contributed by atoms with E-state index in [1.165, 1.54) is 11.3 Å². The van der Waals surface area contributed by atoms with Gasteiger partial charge < -0.3 is 14.2 Å². The molecular formula is C38H47F6N3O3. The normalized spacial score (nSPS) is 24.9. The minimum Gasteiger partial charge on any atom is -0.379 e. The number of nitrogens with one attached hydrogen (secondary N) is 2. The smallest absolute Gasteiger partial charge is 0.379 e. The molecule has 5 atom stereocenters. The molecule has 3 aromatic carbocycles. The molecule has 0 bridgehead atoms. The SMILES string of the molecule is C[C@H](N=C1CCOC1)c1ccccc1.C[C@H](N[C@@]1(C(F)(F)F)CCOC1)c1ccccc1.C[C@H](N[C@]1(C(F)(F)F)CCOC1)c1ccccc1. The summed E-state index contributed by atoms with van der Waals surface area (Å²) in [4.78, 5) is 4.64. The lowest BCUT2D eigenvalue weighted by molar-refractivity contribution is -0.198. The van der Waals surface area contributed by atoms with Crippen LogP contribution in [0.15, 0.2) is 96.0 Å². The zero-order chi connectivity index (χ0) is 36.3. The predicted molar refractivity (Wildman–Crippen MR) is 182 cm³/mol. The summed E-state index contributed by atoms with van der Waals surface area (Å²) >= 11 is 0. The summed E-state index contributed by atoms with van der Waals surface area (Å²) in [5.41, 5.74) is 0.319. The Labute approximate surface area is 290 Å². The van der Waals surface area contributed by atoms with Crippen LogP contribution in [-0.4, -0.2) is 68.8 Å². The highest BCUT2D eigenvalue weighted by Gasteiger charge is 2.58. The van der Waals surface area contributed by atoms with Crippen LogP contribution >= 0.6 is 0 Å². The molecule has 3 aliphatic heterocycles. The fourth-order valence-corrected chi connectivity index (χ4v) is 6.08. The first-order valence-corrected chi connectivity index (χ1v) is 16.9.